The molecule has 1 rings (SSSR count). The molecule has 0 radical (unpaired) electrons. The molecule has 0 spiro atoms. The van der Waals surface area contributed by atoms with Gasteiger partial charge in [-0.05, 0) is 17.9 Å². The third kappa shape index (κ3) is 4.57. The number of nitrogen functional groups attached to an aromatic ring is 1. The van der Waals surface area contributed by atoms with Crippen LogP contribution < -0.4 is 11.1 Å². The second kappa shape index (κ2) is 6.02. The fraction of sp³-hybridized carbons (Fsp3) is 0.556. The van der Waals surface area contributed by atoms with E-state index in [1.54, 1.807) is 6.07 Å². The highest BCUT2D eigenvalue weighted by atomic mass is 35.5. The molecule has 84 valence electrons. The normalized spacial score (nSPS) is 12.5. The van der Waals surface area contributed by atoms with Crippen LogP contribution >= 0.6 is 23.4 Å². The predicted octanol–water partition coefficient (Wildman–Crippen LogP) is 2.12. The van der Waals surface area contributed by atoms with Crippen LogP contribution in [0, 0.1) is 5.92 Å². The Morgan fingerprint density at radius 3 is 2.93 bits per heavy atom. The molecule has 4 nitrogen and oxygen atoms in total. The van der Waals surface area contributed by atoms with Crippen LogP contribution in [0.3, 0.4) is 0 Å². The Morgan fingerprint density at radius 1 is 1.60 bits per heavy atom. The molecule has 6 heteroatoms. The molecule has 0 aliphatic heterocycles. The fourth-order valence-electron chi connectivity index (χ4n) is 1.15. The molecule has 0 aromatic carbocycles. The molecule has 1 unspecified atom stereocenters. The van der Waals surface area contributed by atoms with Gasteiger partial charge in [-0.1, -0.05) is 18.5 Å². The van der Waals surface area contributed by atoms with Crippen molar-refractivity contribution >= 4 is 35.1 Å². The van der Waals surface area contributed by atoms with Gasteiger partial charge in [-0.25, -0.2) is 4.98 Å². The van der Waals surface area contributed by atoms with Crippen molar-refractivity contribution in [3.05, 3.63) is 11.2 Å². The molecule has 15 heavy (non-hydrogen) atoms. The van der Waals surface area contributed by atoms with Crippen molar-refractivity contribution in [2.45, 2.75) is 6.92 Å². The van der Waals surface area contributed by atoms with E-state index in [1.807, 2.05) is 11.8 Å². The van der Waals surface area contributed by atoms with E-state index in [2.05, 4.69) is 28.5 Å². The number of nitrogens with two attached hydrogens (primary N) is 1. The predicted molar refractivity (Wildman–Crippen MR) is 67.5 cm³/mol. The summed E-state index contributed by atoms with van der Waals surface area (Å²) < 4.78 is 0. The number of hydrogen-bond donors (Lipinski definition) is 2. The molecular formula is C9H15ClN4S. The van der Waals surface area contributed by atoms with Crippen LogP contribution in [0.1, 0.15) is 6.92 Å². The highest BCUT2D eigenvalue weighted by Gasteiger charge is 2.03. The van der Waals surface area contributed by atoms with Gasteiger partial charge in [0.05, 0.1) is 0 Å². The van der Waals surface area contributed by atoms with Gasteiger partial charge in [0, 0.05) is 12.6 Å². The van der Waals surface area contributed by atoms with Gasteiger partial charge >= 0.3 is 0 Å². The number of nitrogens with zero attached hydrogens (tertiary/aromatic N) is 2. The third-order valence-electron chi connectivity index (χ3n) is 1.80. The average molecular weight is 247 g/mol. The minimum Gasteiger partial charge on any atom is -0.370 e. The Labute approximate surface area is 99.0 Å². The molecule has 0 saturated heterocycles. The molecule has 0 fully saturated rings. The quantitative estimate of drug-likeness (QED) is 0.780. The summed E-state index contributed by atoms with van der Waals surface area (Å²) >= 11 is 7.58. The van der Waals surface area contributed by atoms with E-state index in [0.717, 1.165) is 12.3 Å². The molecular weight excluding hydrogens is 232 g/mol. The summed E-state index contributed by atoms with van der Waals surface area (Å²) in [6.45, 7) is 3.03. The number of aromatic nitrogens is 2. The number of thioether (sulfide) groups is 1. The van der Waals surface area contributed by atoms with Gasteiger partial charge in [0.25, 0.3) is 0 Å². The number of anilines is 2. The topological polar surface area (TPSA) is 63.8 Å². The maximum absolute atomic E-state index is 5.75. The first-order chi connectivity index (χ1) is 7.11. The van der Waals surface area contributed by atoms with Crippen molar-refractivity contribution in [1.82, 2.24) is 9.97 Å². The monoisotopic (exact) mass is 246 g/mol. The van der Waals surface area contributed by atoms with Crippen LogP contribution in [-0.4, -0.2) is 28.5 Å². The number of rotatable bonds is 5. The van der Waals surface area contributed by atoms with E-state index >= 15 is 0 Å². The first kappa shape index (κ1) is 12.4. The third-order valence-corrected chi connectivity index (χ3v) is 2.89. The van der Waals surface area contributed by atoms with Gasteiger partial charge in [-0.2, -0.15) is 16.7 Å². The van der Waals surface area contributed by atoms with E-state index in [9.17, 15) is 0 Å². The Morgan fingerprint density at radius 2 is 2.33 bits per heavy atom. The van der Waals surface area contributed by atoms with Crippen molar-refractivity contribution in [2.75, 3.05) is 29.6 Å². The van der Waals surface area contributed by atoms with Crippen molar-refractivity contribution in [1.29, 1.82) is 0 Å². The van der Waals surface area contributed by atoms with Crippen molar-refractivity contribution in [3.8, 4) is 0 Å². The molecule has 0 aliphatic rings. The van der Waals surface area contributed by atoms with Crippen LogP contribution in [0.25, 0.3) is 0 Å². The number of hydrogen-bond acceptors (Lipinski definition) is 5. The highest BCUT2D eigenvalue weighted by molar-refractivity contribution is 7.98. The van der Waals surface area contributed by atoms with Gasteiger partial charge in [0.15, 0.2) is 0 Å². The lowest BCUT2D eigenvalue weighted by Crippen LogP contribution is -2.14. The standard InChI is InChI=1S/C9H15ClN4S/c1-6(5-15-2)4-12-8-3-7(10)13-9(11)14-8/h3,6H,4-5H2,1-2H3,(H3,11,12,13,14). The maximum Gasteiger partial charge on any atom is 0.223 e. The van der Waals surface area contributed by atoms with E-state index in [0.29, 0.717) is 16.9 Å². The van der Waals surface area contributed by atoms with E-state index < -0.39 is 0 Å². The lowest BCUT2D eigenvalue weighted by Gasteiger charge is -2.11. The van der Waals surface area contributed by atoms with Gasteiger partial charge in [-0.3, -0.25) is 0 Å². The smallest absolute Gasteiger partial charge is 0.223 e. The molecule has 1 aromatic heterocycles. The van der Waals surface area contributed by atoms with Crippen LogP contribution in [0.15, 0.2) is 6.07 Å². The van der Waals surface area contributed by atoms with Crippen LogP contribution in [0.2, 0.25) is 5.15 Å². The Balaban J connectivity index is 2.50. The van der Waals surface area contributed by atoms with Gasteiger partial charge in [0.1, 0.15) is 11.0 Å². The summed E-state index contributed by atoms with van der Waals surface area (Å²) in [6, 6.07) is 1.67. The molecule has 1 atom stereocenters. The Hall–Kier alpha value is -0.680. The zero-order valence-electron chi connectivity index (χ0n) is 8.83. The van der Waals surface area contributed by atoms with Crippen LogP contribution in [0.5, 0.6) is 0 Å². The van der Waals surface area contributed by atoms with Crippen molar-refractivity contribution in [3.63, 3.8) is 0 Å². The summed E-state index contributed by atoms with van der Waals surface area (Å²) in [5.74, 6) is 2.57. The maximum atomic E-state index is 5.75. The molecule has 0 amide bonds. The van der Waals surface area contributed by atoms with Crippen molar-refractivity contribution in [2.24, 2.45) is 5.92 Å². The lowest BCUT2D eigenvalue weighted by molar-refractivity contribution is 0.699. The summed E-state index contributed by atoms with van der Waals surface area (Å²) in [5, 5.41) is 3.55. The van der Waals surface area contributed by atoms with Crippen LogP contribution in [-0.2, 0) is 0 Å². The zero-order chi connectivity index (χ0) is 11.3. The SMILES string of the molecule is CSCC(C)CNc1cc(Cl)nc(N)n1. The lowest BCUT2D eigenvalue weighted by atomic mass is 10.2. The number of halogens is 1. The van der Waals surface area contributed by atoms with E-state index in [1.165, 1.54) is 0 Å². The van der Waals surface area contributed by atoms with Gasteiger partial charge in [-0.15, -0.1) is 0 Å². The Bertz CT molecular complexity index is 301. The molecule has 0 saturated carbocycles. The minimum atomic E-state index is 0.197. The zero-order valence-corrected chi connectivity index (χ0v) is 10.4. The molecule has 3 N–H and O–H groups in total. The summed E-state index contributed by atoms with van der Waals surface area (Å²) in [6.07, 6.45) is 2.09. The number of nitrogens with one attached hydrogen (secondary N) is 1. The van der Waals surface area contributed by atoms with E-state index in [-0.39, 0.29) is 5.95 Å². The van der Waals surface area contributed by atoms with Gasteiger partial charge < -0.3 is 11.1 Å². The fourth-order valence-corrected chi connectivity index (χ4v) is 2.02. The summed E-state index contributed by atoms with van der Waals surface area (Å²) in [5.41, 5.74) is 5.47. The summed E-state index contributed by atoms with van der Waals surface area (Å²) in [7, 11) is 0. The molecule has 1 aromatic rings. The van der Waals surface area contributed by atoms with Crippen LogP contribution in [0.4, 0.5) is 11.8 Å². The largest absolute Gasteiger partial charge is 0.370 e. The second-order valence-electron chi connectivity index (χ2n) is 3.38. The molecule has 0 bridgehead atoms. The van der Waals surface area contributed by atoms with Crippen molar-refractivity contribution < 1.29 is 0 Å². The molecule has 1 heterocycles. The second-order valence-corrected chi connectivity index (χ2v) is 4.67. The average Bonchev–Trinajstić information content (AvgIpc) is 2.14. The summed E-state index contributed by atoms with van der Waals surface area (Å²) in [4.78, 5) is 7.82. The first-order valence-corrected chi connectivity index (χ1v) is 6.42. The van der Waals surface area contributed by atoms with E-state index in [4.69, 9.17) is 17.3 Å². The van der Waals surface area contributed by atoms with Gasteiger partial charge in [0.2, 0.25) is 5.95 Å². The molecule has 0 aliphatic carbocycles. The Kier molecular flexibility index (Phi) is 4.98. The minimum absolute atomic E-state index is 0.197. The highest BCUT2D eigenvalue weighted by Crippen LogP contribution is 2.13. The first-order valence-electron chi connectivity index (χ1n) is 4.64.